The fourth-order valence-electron chi connectivity index (χ4n) is 5.11. The van der Waals surface area contributed by atoms with E-state index in [1.807, 2.05) is 53.4 Å². The van der Waals surface area contributed by atoms with Crippen LogP contribution in [0.25, 0.3) is 0 Å². The molecule has 1 aliphatic rings. The van der Waals surface area contributed by atoms with E-state index in [2.05, 4.69) is 24.9 Å². The Morgan fingerprint density at radius 3 is 2.53 bits per heavy atom. The molecule has 1 atom stereocenters. The summed E-state index contributed by atoms with van der Waals surface area (Å²) in [6.45, 7) is 6.98. The van der Waals surface area contributed by atoms with Crippen LogP contribution in [0.4, 0.5) is 0 Å². The molecule has 0 bridgehead atoms. The van der Waals surface area contributed by atoms with Crippen LogP contribution in [0.1, 0.15) is 70.6 Å². The van der Waals surface area contributed by atoms with Gasteiger partial charge >= 0.3 is 0 Å². The van der Waals surface area contributed by atoms with Gasteiger partial charge in [0.05, 0.1) is 13.2 Å². The number of carbonyl (C=O) groups is 2. The largest absolute Gasteiger partial charge is 0.497 e. The summed E-state index contributed by atoms with van der Waals surface area (Å²) in [6.07, 6.45) is 8.39. The monoisotopic (exact) mass is 530 g/mol. The third-order valence-corrected chi connectivity index (χ3v) is 8.20. The number of fused-ring (bicyclic) bond motifs is 1. The lowest BCUT2D eigenvalue weighted by molar-refractivity contribution is -0.133. The fraction of sp³-hybridized carbons (Fsp3) is 0.375. The highest BCUT2D eigenvalue weighted by Crippen LogP contribution is 2.38. The summed E-state index contributed by atoms with van der Waals surface area (Å²) >= 11 is 1.74. The van der Waals surface area contributed by atoms with Gasteiger partial charge in [-0.25, -0.2) is 0 Å². The topological polar surface area (TPSA) is 49.9 Å². The average Bonchev–Trinajstić information content (AvgIpc) is 3.44. The predicted octanol–water partition coefficient (Wildman–Crippen LogP) is 6.68. The second-order valence-corrected chi connectivity index (χ2v) is 10.8. The second kappa shape index (κ2) is 13.4. The summed E-state index contributed by atoms with van der Waals surface area (Å²) < 4.78 is 5.34. The van der Waals surface area contributed by atoms with Gasteiger partial charge in [-0.05, 0) is 71.7 Å². The van der Waals surface area contributed by atoms with E-state index in [0.29, 0.717) is 18.7 Å². The number of rotatable bonds is 12. The van der Waals surface area contributed by atoms with Crippen molar-refractivity contribution in [1.29, 1.82) is 0 Å². The van der Waals surface area contributed by atoms with Crippen molar-refractivity contribution in [2.45, 2.75) is 51.5 Å². The Morgan fingerprint density at radius 2 is 1.84 bits per heavy atom. The zero-order valence-electron chi connectivity index (χ0n) is 22.5. The molecule has 200 valence electrons. The molecule has 0 unspecified atom stereocenters. The van der Waals surface area contributed by atoms with Crippen molar-refractivity contribution < 1.29 is 14.3 Å². The molecule has 6 heteroatoms. The van der Waals surface area contributed by atoms with Crippen LogP contribution in [0.5, 0.6) is 5.75 Å². The van der Waals surface area contributed by atoms with Gasteiger partial charge in [0.25, 0.3) is 5.91 Å². The molecule has 1 aromatic heterocycles. The molecule has 0 aliphatic carbocycles. The molecule has 3 aromatic rings. The smallest absolute Gasteiger partial charge is 0.254 e. The normalized spacial score (nSPS) is 14.6. The Labute approximate surface area is 230 Å². The Hall–Kier alpha value is -3.38. The number of thiophene rings is 1. The first-order chi connectivity index (χ1) is 18.5. The first kappa shape index (κ1) is 27.6. The average molecular weight is 531 g/mol. The molecule has 0 radical (unpaired) electrons. The van der Waals surface area contributed by atoms with Crippen LogP contribution < -0.4 is 4.74 Å². The summed E-state index contributed by atoms with van der Waals surface area (Å²) in [4.78, 5) is 32.0. The predicted molar refractivity (Wildman–Crippen MR) is 155 cm³/mol. The summed E-state index contributed by atoms with van der Waals surface area (Å²) in [6, 6.07) is 17.7. The van der Waals surface area contributed by atoms with Crippen LogP contribution in [0.2, 0.25) is 0 Å². The molecule has 5 nitrogen and oxygen atoms in total. The molecule has 0 saturated carbocycles. The maximum atomic E-state index is 13.8. The maximum Gasteiger partial charge on any atom is 0.254 e. The Kier molecular flexibility index (Phi) is 9.77. The Bertz CT molecular complexity index is 1220. The minimum absolute atomic E-state index is 0.00967. The number of hydrogen-bond donors (Lipinski definition) is 0. The van der Waals surface area contributed by atoms with Gasteiger partial charge in [-0.2, -0.15) is 0 Å². The van der Waals surface area contributed by atoms with E-state index in [1.54, 1.807) is 29.4 Å². The summed E-state index contributed by atoms with van der Waals surface area (Å²) in [5.41, 5.74) is 4.04. The highest BCUT2D eigenvalue weighted by atomic mass is 32.1. The van der Waals surface area contributed by atoms with Gasteiger partial charge < -0.3 is 14.5 Å². The molecular formula is C32H38N2O3S. The first-order valence-corrected chi connectivity index (χ1v) is 14.4. The summed E-state index contributed by atoms with van der Waals surface area (Å²) in [5.74, 6) is 0.568. The molecule has 38 heavy (non-hydrogen) atoms. The number of aryl methyl sites for hydroxylation is 1. The van der Waals surface area contributed by atoms with Gasteiger partial charge in [-0.15, -0.1) is 17.9 Å². The van der Waals surface area contributed by atoms with Crippen molar-refractivity contribution in [2.75, 3.05) is 26.7 Å². The Balaban J connectivity index is 1.50. The minimum Gasteiger partial charge on any atom is -0.497 e. The van der Waals surface area contributed by atoms with Crippen molar-refractivity contribution in [1.82, 2.24) is 9.80 Å². The van der Waals surface area contributed by atoms with E-state index < -0.39 is 0 Å². The van der Waals surface area contributed by atoms with Crippen LogP contribution >= 0.6 is 11.3 Å². The lowest BCUT2D eigenvalue weighted by atomic mass is 9.93. The van der Waals surface area contributed by atoms with Crippen molar-refractivity contribution >= 4 is 23.2 Å². The number of methoxy groups -OCH3 is 1. The van der Waals surface area contributed by atoms with E-state index in [4.69, 9.17) is 4.74 Å². The molecule has 2 aromatic carbocycles. The highest BCUT2D eigenvalue weighted by molar-refractivity contribution is 7.10. The zero-order chi connectivity index (χ0) is 26.9. The summed E-state index contributed by atoms with van der Waals surface area (Å²) in [7, 11) is 1.65. The van der Waals surface area contributed by atoms with Crippen LogP contribution in [-0.2, 0) is 17.6 Å². The lowest BCUT2D eigenvalue weighted by Crippen LogP contribution is -2.46. The number of ether oxygens (including phenoxy) is 1. The first-order valence-electron chi connectivity index (χ1n) is 13.5. The molecule has 0 spiro atoms. The minimum atomic E-state index is -0.184. The van der Waals surface area contributed by atoms with Crippen molar-refractivity contribution in [3.8, 4) is 5.75 Å². The molecule has 4 rings (SSSR count). The van der Waals surface area contributed by atoms with E-state index in [1.165, 1.54) is 29.7 Å². The molecule has 0 N–H and O–H groups in total. The van der Waals surface area contributed by atoms with E-state index in [-0.39, 0.29) is 24.4 Å². The molecule has 2 heterocycles. The Morgan fingerprint density at radius 1 is 1.08 bits per heavy atom. The molecular weight excluding hydrogens is 492 g/mol. The third-order valence-electron chi connectivity index (χ3n) is 7.20. The van der Waals surface area contributed by atoms with E-state index >= 15 is 0 Å². The van der Waals surface area contributed by atoms with Crippen LogP contribution in [0.15, 0.2) is 72.6 Å². The van der Waals surface area contributed by atoms with Gasteiger partial charge in [-0.3, -0.25) is 9.59 Å². The number of benzene rings is 2. The SMILES string of the molecule is C=CCN(CC(=O)N1CCc2sccc2[C@H]1c1ccc(OC)cc1)C(=O)c1ccc(CCCCCC)cc1. The van der Waals surface area contributed by atoms with Gasteiger partial charge in [0.2, 0.25) is 5.91 Å². The molecule has 0 saturated heterocycles. The number of amides is 2. The molecule has 2 amide bonds. The van der Waals surface area contributed by atoms with Gasteiger partial charge in [-0.1, -0.05) is 56.5 Å². The highest BCUT2D eigenvalue weighted by Gasteiger charge is 2.34. The lowest BCUT2D eigenvalue weighted by Gasteiger charge is -2.37. The molecule has 1 aliphatic heterocycles. The standard InChI is InChI=1S/C32H38N2O3S/c1-4-6-7-8-9-24-10-12-26(13-11-24)32(36)33(20-5-2)23-30(35)34-21-18-29-28(19-22-38-29)31(34)25-14-16-27(37-3)17-15-25/h5,10-17,19,22,31H,2,4,6-9,18,20-21,23H2,1,3H3/t31-/m1/s1. The van der Waals surface area contributed by atoms with E-state index in [9.17, 15) is 9.59 Å². The molecule has 0 fully saturated rings. The second-order valence-electron chi connectivity index (χ2n) is 9.79. The third kappa shape index (κ3) is 6.54. The maximum absolute atomic E-state index is 13.8. The van der Waals surface area contributed by atoms with Crippen LogP contribution in [0.3, 0.4) is 0 Å². The van der Waals surface area contributed by atoms with Crippen LogP contribution in [-0.4, -0.2) is 48.4 Å². The van der Waals surface area contributed by atoms with Crippen molar-refractivity contribution in [3.63, 3.8) is 0 Å². The number of nitrogens with zero attached hydrogens (tertiary/aromatic N) is 2. The fourth-order valence-corrected chi connectivity index (χ4v) is 6.02. The number of unbranched alkanes of at least 4 members (excludes halogenated alkanes) is 3. The number of hydrogen-bond acceptors (Lipinski definition) is 4. The van der Waals surface area contributed by atoms with Crippen LogP contribution in [0, 0.1) is 0 Å². The number of carbonyl (C=O) groups excluding carboxylic acids is 2. The zero-order valence-corrected chi connectivity index (χ0v) is 23.3. The summed E-state index contributed by atoms with van der Waals surface area (Å²) in [5, 5.41) is 2.09. The van der Waals surface area contributed by atoms with Gasteiger partial charge in [0.1, 0.15) is 12.3 Å². The van der Waals surface area contributed by atoms with Crippen molar-refractivity contribution in [2.24, 2.45) is 0 Å². The van der Waals surface area contributed by atoms with Gasteiger partial charge in [0, 0.05) is 23.5 Å². The quantitative estimate of drug-likeness (QED) is 0.194. The van der Waals surface area contributed by atoms with E-state index in [0.717, 1.165) is 36.1 Å². The van der Waals surface area contributed by atoms with Gasteiger partial charge in [0.15, 0.2) is 0 Å². The van der Waals surface area contributed by atoms with Crippen molar-refractivity contribution in [3.05, 3.63) is 99.8 Å².